The summed E-state index contributed by atoms with van der Waals surface area (Å²) in [5, 5.41) is 4.55. The van der Waals surface area contributed by atoms with Crippen LogP contribution in [-0.4, -0.2) is 27.3 Å². The van der Waals surface area contributed by atoms with Gasteiger partial charge < -0.3 is 5.32 Å². The van der Waals surface area contributed by atoms with Crippen LogP contribution in [-0.2, 0) is 10.8 Å². The zero-order valence-corrected chi connectivity index (χ0v) is 12.6. The Balaban J connectivity index is 2.00. The van der Waals surface area contributed by atoms with E-state index >= 15 is 0 Å². The van der Waals surface area contributed by atoms with Gasteiger partial charge in [0.1, 0.15) is 0 Å². The molecule has 2 aliphatic rings. The van der Waals surface area contributed by atoms with Crippen LogP contribution in [0.3, 0.4) is 0 Å². The van der Waals surface area contributed by atoms with E-state index in [4.69, 9.17) is 0 Å². The number of nitrogens with one attached hydrogen (secondary N) is 1. The Morgan fingerprint density at radius 1 is 0.944 bits per heavy atom. The average molecular weight is 271 g/mol. The Kier molecular flexibility index (Phi) is 6.16. The van der Waals surface area contributed by atoms with Gasteiger partial charge in [0.15, 0.2) is 0 Å². The van der Waals surface area contributed by atoms with Gasteiger partial charge in [-0.25, -0.2) is 0 Å². The zero-order valence-electron chi connectivity index (χ0n) is 11.8. The lowest BCUT2D eigenvalue weighted by atomic mass is 9.96. The molecule has 0 spiro atoms. The Morgan fingerprint density at radius 3 is 2.22 bits per heavy atom. The summed E-state index contributed by atoms with van der Waals surface area (Å²) in [5.74, 6) is 0. The highest BCUT2D eigenvalue weighted by molar-refractivity contribution is 7.86. The summed E-state index contributed by atoms with van der Waals surface area (Å²) < 4.78 is 12.8. The van der Waals surface area contributed by atoms with E-state index in [0.717, 1.165) is 6.54 Å². The molecule has 0 amide bonds. The van der Waals surface area contributed by atoms with Gasteiger partial charge in [-0.3, -0.25) is 4.21 Å². The molecule has 3 heteroatoms. The van der Waals surface area contributed by atoms with Gasteiger partial charge >= 0.3 is 0 Å². The second-order valence-corrected chi connectivity index (χ2v) is 7.86. The van der Waals surface area contributed by atoms with Crippen molar-refractivity contribution in [1.29, 1.82) is 0 Å². The van der Waals surface area contributed by atoms with Crippen LogP contribution in [0.15, 0.2) is 0 Å². The Labute approximate surface area is 115 Å². The van der Waals surface area contributed by atoms with Gasteiger partial charge in [0.25, 0.3) is 0 Å². The molecule has 0 aliphatic heterocycles. The highest BCUT2D eigenvalue weighted by Gasteiger charge is 2.32. The van der Waals surface area contributed by atoms with Crippen molar-refractivity contribution in [1.82, 2.24) is 5.32 Å². The molecule has 2 fully saturated rings. The number of hydrogen-bond donors (Lipinski definition) is 1. The van der Waals surface area contributed by atoms with Gasteiger partial charge in [0.05, 0.1) is 5.25 Å². The topological polar surface area (TPSA) is 29.1 Å². The molecule has 0 saturated heterocycles. The van der Waals surface area contributed by atoms with Crippen LogP contribution in [0.5, 0.6) is 0 Å². The van der Waals surface area contributed by atoms with Gasteiger partial charge in [-0.05, 0) is 32.2 Å². The second-order valence-electron chi connectivity index (χ2n) is 5.93. The maximum absolute atomic E-state index is 12.8. The fraction of sp³-hybridized carbons (Fsp3) is 1.00. The Hall–Kier alpha value is 0.110. The van der Waals surface area contributed by atoms with Crippen molar-refractivity contribution in [2.24, 2.45) is 0 Å². The molecule has 2 nitrogen and oxygen atoms in total. The predicted molar refractivity (Wildman–Crippen MR) is 79.4 cm³/mol. The summed E-state index contributed by atoms with van der Waals surface area (Å²) in [6.45, 7) is 3.19. The summed E-state index contributed by atoms with van der Waals surface area (Å²) in [6.07, 6.45) is 12.7. The fourth-order valence-corrected chi connectivity index (χ4v) is 5.84. The van der Waals surface area contributed by atoms with Crippen molar-refractivity contribution in [3.63, 3.8) is 0 Å². The summed E-state index contributed by atoms with van der Waals surface area (Å²) in [6, 6.07) is 0.511. The quantitative estimate of drug-likeness (QED) is 0.849. The van der Waals surface area contributed by atoms with E-state index in [-0.39, 0.29) is 0 Å². The number of hydrogen-bond acceptors (Lipinski definition) is 2. The van der Waals surface area contributed by atoms with Crippen molar-refractivity contribution in [3.8, 4) is 0 Å². The van der Waals surface area contributed by atoms with Gasteiger partial charge in [0, 0.05) is 22.1 Å². The van der Waals surface area contributed by atoms with E-state index in [0.29, 0.717) is 16.5 Å². The molecule has 2 saturated carbocycles. The first-order chi connectivity index (χ1) is 8.83. The van der Waals surface area contributed by atoms with E-state index in [1.807, 2.05) is 0 Å². The summed E-state index contributed by atoms with van der Waals surface area (Å²) in [4.78, 5) is 0. The van der Waals surface area contributed by atoms with Gasteiger partial charge in [-0.2, -0.15) is 0 Å². The standard InChI is InChI=1S/C15H29NOS/c1-2-16-14-11-5-3-4-6-12-15(14)18(17)13-9-7-8-10-13/h13-16H,2-12H2,1H3. The summed E-state index contributed by atoms with van der Waals surface area (Å²) >= 11 is 0. The lowest BCUT2D eigenvalue weighted by molar-refractivity contribution is 0.399. The van der Waals surface area contributed by atoms with Crippen molar-refractivity contribution < 1.29 is 4.21 Å². The van der Waals surface area contributed by atoms with Gasteiger partial charge in [-0.15, -0.1) is 0 Å². The van der Waals surface area contributed by atoms with E-state index in [1.54, 1.807) is 0 Å². The maximum Gasteiger partial charge on any atom is 0.0504 e. The van der Waals surface area contributed by atoms with E-state index in [9.17, 15) is 4.21 Å². The van der Waals surface area contributed by atoms with Crippen LogP contribution in [0.25, 0.3) is 0 Å². The molecule has 0 aromatic carbocycles. The zero-order chi connectivity index (χ0) is 12.8. The first-order valence-corrected chi connectivity index (χ1v) is 9.23. The van der Waals surface area contributed by atoms with Gasteiger partial charge in [-0.1, -0.05) is 45.4 Å². The largest absolute Gasteiger partial charge is 0.313 e. The molecule has 0 aromatic rings. The van der Waals surface area contributed by atoms with Gasteiger partial charge in [0.2, 0.25) is 0 Å². The molecule has 0 bridgehead atoms. The normalized spacial score (nSPS) is 32.9. The Bertz CT molecular complexity index is 263. The molecule has 106 valence electrons. The first-order valence-electron chi connectivity index (χ1n) is 7.95. The molecule has 0 radical (unpaired) electrons. The van der Waals surface area contributed by atoms with Crippen molar-refractivity contribution in [2.45, 2.75) is 87.7 Å². The van der Waals surface area contributed by atoms with E-state index in [1.165, 1.54) is 64.2 Å². The molecular weight excluding hydrogens is 242 g/mol. The third-order valence-electron chi connectivity index (χ3n) is 4.60. The van der Waals surface area contributed by atoms with Crippen LogP contribution in [0.2, 0.25) is 0 Å². The predicted octanol–water partition coefficient (Wildman–Crippen LogP) is 3.38. The molecule has 3 atom stereocenters. The van der Waals surface area contributed by atoms with Crippen molar-refractivity contribution in [2.75, 3.05) is 6.54 Å². The fourth-order valence-electron chi connectivity index (χ4n) is 3.59. The molecule has 0 aromatic heterocycles. The lowest BCUT2D eigenvalue weighted by Crippen LogP contribution is -2.44. The molecular formula is C15H29NOS. The average Bonchev–Trinajstić information content (AvgIpc) is 2.86. The first kappa shape index (κ1) is 14.5. The minimum atomic E-state index is -0.595. The summed E-state index contributed by atoms with van der Waals surface area (Å²) in [7, 11) is -0.595. The molecule has 3 unspecified atom stereocenters. The van der Waals surface area contributed by atoms with Crippen LogP contribution < -0.4 is 5.32 Å². The second kappa shape index (κ2) is 7.64. The third kappa shape index (κ3) is 3.80. The molecule has 2 rings (SSSR count). The minimum absolute atomic E-state index is 0.424. The molecule has 18 heavy (non-hydrogen) atoms. The highest BCUT2D eigenvalue weighted by Crippen LogP contribution is 2.30. The monoisotopic (exact) mass is 271 g/mol. The van der Waals surface area contributed by atoms with Crippen LogP contribution in [0, 0.1) is 0 Å². The van der Waals surface area contributed by atoms with E-state index in [2.05, 4.69) is 12.2 Å². The van der Waals surface area contributed by atoms with Crippen LogP contribution in [0.4, 0.5) is 0 Å². The third-order valence-corrected chi connectivity index (χ3v) is 6.89. The van der Waals surface area contributed by atoms with Crippen LogP contribution >= 0.6 is 0 Å². The molecule has 0 heterocycles. The minimum Gasteiger partial charge on any atom is -0.313 e. The summed E-state index contributed by atoms with van der Waals surface area (Å²) in [5.41, 5.74) is 0. The van der Waals surface area contributed by atoms with Crippen LogP contribution in [0.1, 0.15) is 71.1 Å². The molecule has 2 aliphatic carbocycles. The lowest BCUT2D eigenvalue weighted by Gasteiger charge is -2.31. The van der Waals surface area contributed by atoms with Crippen molar-refractivity contribution >= 4 is 10.8 Å². The highest BCUT2D eigenvalue weighted by atomic mass is 32.2. The Morgan fingerprint density at radius 2 is 1.56 bits per heavy atom. The molecule has 1 N–H and O–H groups in total. The number of rotatable bonds is 4. The maximum atomic E-state index is 12.8. The SMILES string of the molecule is CCNC1CCCCCCC1S(=O)C1CCCC1. The van der Waals surface area contributed by atoms with Crippen molar-refractivity contribution in [3.05, 3.63) is 0 Å². The van der Waals surface area contributed by atoms with E-state index < -0.39 is 10.8 Å². The smallest absolute Gasteiger partial charge is 0.0504 e.